The summed E-state index contributed by atoms with van der Waals surface area (Å²) in [5.74, 6) is -0.901. The second-order valence-electron chi connectivity index (χ2n) is 9.88. The summed E-state index contributed by atoms with van der Waals surface area (Å²) in [5.41, 5.74) is 6.31. The molecule has 0 bridgehead atoms. The van der Waals surface area contributed by atoms with E-state index in [1.807, 2.05) is 4.90 Å². The van der Waals surface area contributed by atoms with Crippen molar-refractivity contribution in [3.63, 3.8) is 0 Å². The van der Waals surface area contributed by atoms with E-state index in [4.69, 9.17) is 28.9 Å². The second-order valence-corrected chi connectivity index (χ2v) is 10.8. The van der Waals surface area contributed by atoms with E-state index in [9.17, 15) is 19.6 Å². The highest BCUT2D eigenvalue weighted by molar-refractivity contribution is 6.35. The van der Waals surface area contributed by atoms with Crippen LogP contribution in [0.25, 0.3) is 0 Å². The molecule has 2 N–H and O–H groups in total. The van der Waals surface area contributed by atoms with Gasteiger partial charge in [0, 0.05) is 55.2 Å². The summed E-state index contributed by atoms with van der Waals surface area (Å²) >= 11 is 12.4. The number of nitrogens with two attached hydrogens (primary N) is 1. The monoisotopic (exact) mass is 540 g/mol. The van der Waals surface area contributed by atoms with E-state index in [2.05, 4.69) is 6.07 Å². The zero-order chi connectivity index (χ0) is 26.5. The highest BCUT2D eigenvalue weighted by atomic mass is 35.5. The van der Waals surface area contributed by atoms with Crippen LogP contribution in [0.1, 0.15) is 23.5 Å². The molecule has 4 amide bonds. The lowest BCUT2D eigenvalue weighted by Crippen LogP contribution is -2.54. The number of rotatable bonds is 4. The third-order valence-corrected chi connectivity index (χ3v) is 8.05. The Balaban J connectivity index is 1.52. The van der Waals surface area contributed by atoms with Crippen LogP contribution in [-0.2, 0) is 9.59 Å². The van der Waals surface area contributed by atoms with Crippen molar-refractivity contribution in [2.45, 2.75) is 23.9 Å². The molecule has 3 aliphatic rings. The molecule has 3 aliphatic heterocycles. The van der Waals surface area contributed by atoms with E-state index in [0.29, 0.717) is 35.2 Å². The molecule has 2 aromatic rings. The molecule has 0 radical (unpaired) electrons. The van der Waals surface area contributed by atoms with Crippen molar-refractivity contribution in [3.05, 3.63) is 63.6 Å². The molecule has 2 aromatic carbocycles. The molecule has 1 spiro atoms. The molecule has 0 saturated carbocycles. The Morgan fingerprint density at radius 1 is 1.14 bits per heavy atom. The molecule has 9 nitrogen and oxygen atoms in total. The number of amides is 4. The van der Waals surface area contributed by atoms with Gasteiger partial charge in [-0.05, 0) is 42.3 Å². The van der Waals surface area contributed by atoms with E-state index < -0.39 is 23.4 Å². The first kappa shape index (κ1) is 25.5. The Labute approximate surface area is 224 Å². The van der Waals surface area contributed by atoms with Gasteiger partial charge in [-0.2, -0.15) is 5.26 Å². The number of likely N-dealkylation sites (tertiary alicyclic amines) is 2. The van der Waals surface area contributed by atoms with Crippen molar-refractivity contribution in [3.8, 4) is 6.07 Å². The number of hydrogen-bond acceptors (Lipinski definition) is 6. The lowest BCUT2D eigenvalue weighted by molar-refractivity contribution is -0.131. The van der Waals surface area contributed by atoms with Crippen LogP contribution in [0.2, 0.25) is 10.0 Å². The fraction of sp³-hybridized carbons (Fsp3) is 0.385. The smallest absolute Gasteiger partial charge is 0.332 e. The molecule has 11 heteroatoms. The number of nitriles is 1. The molecule has 3 atom stereocenters. The number of anilines is 1. The standard InChI is InChI=1S/C26H26Cl2N6O3/c1-31-25(37)34(21-9-18(27)8-19(28)10-21)24(36)26(31)15-32(14-23(35)33-7-6-20(30)12-33)13-22(26)17-4-2-16(11-29)3-5-17/h2-5,8-10,20,22H,6-7,12-15,30H2,1H3/t20-,22-,26+/m0/s1. The fourth-order valence-electron chi connectivity index (χ4n) is 5.72. The molecule has 37 heavy (non-hydrogen) atoms. The summed E-state index contributed by atoms with van der Waals surface area (Å²) in [5, 5.41) is 9.85. The number of likely N-dealkylation sites (N-methyl/N-ethyl adjacent to an activating group) is 1. The van der Waals surface area contributed by atoms with Gasteiger partial charge in [-0.15, -0.1) is 0 Å². The number of benzene rings is 2. The highest BCUT2D eigenvalue weighted by Gasteiger charge is 2.64. The molecular weight excluding hydrogens is 515 g/mol. The predicted molar refractivity (Wildman–Crippen MR) is 139 cm³/mol. The van der Waals surface area contributed by atoms with Crippen molar-refractivity contribution in [1.82, 2.24) is 14.7 Å². The summed E-state index contributed by atoms with van der Waals surface area (Å²) in [6.07, 6.45) is 0.760. The van der Waals surface area contributed by atoms with Gasteiger partial charge in [0.25, 0.3) is 5.91 Å². The minimum Gasteiger partial charge on any atom is -0.340 e. The first-order chi connectivity index (χ1) is 17.6. The maximum Gasteiger partial charge on any atom is 0.332 e. The van der Waals surface area contributed by atoms with Crippen molar-refractivity contribution in [2.24, 2.45) is 5.73 Å². The maximum atomic E-state index is 14.2. The number of carbonyl (C=O) groups is 3. The van der Waals surface area contributed by atoms with Crippen molar-refractivity contribution >= 4 is 46.7 Å². The van der Waals surface area contributed by atoms with Crippen LogP contribution in [0.15, 0.2) is 42.5 Å². The number of halogens is 2. The van der Waals surface area contributed by atoms with Crippen molar-refractivity contribution < 1.29 is 14.4 Å². The average Bonchev–Trinajstić information content (AvgIpc) is 3.51. The predicted octanol–water partition coefficient (Wildman–Crippen LogP) is 2.66. The largest absolute Gasteiger partial charge is 0.340 e. The minimum absolute atomic E-state index is 0.0292. The molecule has 0 unspecified atom stereocenters. The van der Waals surface area contributed by atoms with E-state index in [1.165, 1.54) is 23.1 Å². The number of imide groups is 1. The Kier molecular flexibility index (Phi) is 6.62. The van der Waals surface area contributed by atoms with E-state index in [0.717, 1.165) is 16.9 Å². The summed E-state index contributed by atoms with van der Waals surface area (Å²) in [4.78, 5) is 47.0. The molecule has 0 aromatic heterocycles. The normalized spacial score (nSPS) is 26.0. The third-order valence-electron chi connectivity index (χ3n) is 7.62. The maximum absolute atomic E-state index is 14.2. The third kappa shape index (κ3) is 4.34. The number of carbonyl (C=O) groups excluding carboxylic acids is 3. The number of nitrogens with zero attached hydrogens (tertiary/aromatic N) is 5. The van der Waals surface area contributed by atoms with E-state index in [1.54, 1.807) is 36.2 Å². The summed E-state index contributed by atoms with van der Waals surface area (Å²) < 4.78 is 0. The van der Waals surface area contributed by atoms with Gasteiger partial charge in [0.15, 0.2) is 0 Å². The Hall–Kier alpha value is -3.16. The molecule has 3 saturated heterocycles. The lowest BCUT2D eigenvalue weighted by atomic mass is 9.80. The SMILES string of the molecule is CN1C(=O)N(c2cc(Cl)cc(Cl)c2)C(=O)[C@]12CN(CC(=O)N1CC[C@H](N)C1)C[C@H]2c1ccc(C#N)cc1. The first-order valence-corrected chi connectivity index (χ1v) is 12.7. The molecule has 3 heterocycles. The van der Waals surface area contributed by atoms with Crippen LogP contribution in [0, 0.1) is 11.3 Å². The van der Waals surface area contributed by atoms with Gasteiger partial charge in [-0.25, -0.2) is 9.69 Å². The van der Waals surface area contributed by atoms with Gasteiger partial charge in [0.1, 0.15) is 5.54 Å². The minimum atomic E-state index is -1.26. The second kappa shape index (κ2) is 9.62. The average molecular weight is 541 g/mol. The molecule has 0 aliphatic carbocycles. The van der Waals surface area contributed by atoms with E-state index in [-0.39, 0.29) is 30.7 Å². The number of urea groups is 1. The zero-order valence-corrected chi connectivity index (χ0v) is 21.7. The van der Waals surface area contributed by atoms with Crippen LogP contribution in [0.3, 0.4) is 0 Å². The summed E-state index contributed by atoms with van der Waals surface area (Å²) in [6, 6.07) is 13.2. The molecule has 192 valence electrons. The van der Waals surface area contributed by atoms with Gasteiger partial charge in [-0.1, -0.05) is 35.3 Å². The summed E-state index contributed by atoms with van der Waals surface area (Å²) in [6.45, 7) is 1.79. The molecular formula is C26H26Cl2N6O3. The summed E-state index contributed by atoms with van der Waals surface area (Å²) in [7, 11) is 1.61. The van der Waals surface area contributed by atoms with E-state index >= 15 is 0 Å². The van der Waals surface area contributed by atoms with Gasteiger partial charge >= 0.3 is 6.03 Å². The van der Waals surface area contributed by atoms with Gasteiger partial charge in [-0.3, -0.25) is 14.5 Å². The van der Waals surface area contributed by atoms with Crippen LogP contribution in [0.4, 0.5) is 10.5 Å². The Bertz CT molecular complexity index is 1290. The lowest BCUT2D eigenvalue weighted by Gasteiger charge is -2.34. The topological polar surface area (TPSA) is 114 Å². The zero-order valence-electron chi connectivity index (χ0n) is 20.2. The van der Waals surface area contributed by atoms with Crippen molar-refractivity contribution in [2.75, 3.05) is 44.7 Å². The highest BCUT2D eigenvalue weighted by Crippen LogP contribution is 2.46. The van der Waals surface area contributed by atoms with Gasteiger partial charge in [0.05, 0.1) is 23.9 Å². The first-order valence-electron chi connectivity index (χ1n) is 12.0. The number of hydrogen-bond donors (Lipinski definition) is 1. The molecule has 3 fully saturated rings. The fourth-order valence-corrected chi connectivity index (χ4v) is 6.23. The van der Waals surface area contributed by atoms with Crippen LogP contribution < -0.4 is 10.6 Å². The molecule has 5 rings (SSSR count). The van der Waals surface area contributed by atoms with Crippen LogP contribution >= 0.6 is 23.2 Å². The Morgan fingerprint density at radius 2 is 1.81 bits per heavy atom. The van der Waals surface area contributed by atoms with Crippen LogP contribution in [0.5, 0.6) is 0 Å². The Morgan fingerprint density at radius 3 is 2.41 bits per heavy atom. The quantitative estimate of drug-likeness (QED) is 0.596. The van der Waals surface area contributed by atoms with Crippen LogP contribution in [-0.4, -0.2) is 83.9 Å². The van der Waals surface area contributed by atoms with Gasteiger partial charge < -0.3 is 15.5 Å². The van der Waals surface area contributed by atoms with Crippen molar-refractivity contribution in [1.29, 1.82) is 5.26 Å². The van der Waals surface area contributed by atoms with Gasteiger partial charge in [0.2, 0.25) is 5.91 Å².